The summed E-state index contributed by atoms with van der Waals surface area (Å²) in [4.78, 5) is 0. The van der Waals surface area contributed by atoms with Crippen molar-refractivity contribution in [3.8, 4) is 0 Å². The molecule has 0 amide bonds. The van der Waals surface area contributed by atoms with Crippen molar-refractivity contribution in [2.24, 2.45) is 5.92 Å². The van der Waals surface area contributed by atoms with Gasteiger partial charge in [0.15, 0.2) is 0 Å². The molecule has 1 rings (SSSR count). The average Bonchev–Trinajstić information content (AvgIpc) is 2.26. The zero-order chi connectivity index (χ0) is 11.3. The highest BCUT2D eigenvalue weighted by molar-refractivity contribution is 5.24. The first-order chi connectivity index (χ1) is 7.19. The van der Waals surface area contributed by atoms with Crippen LogP contribution < -0.4 is 0 Å². The highest BCUT2D eigenvalue weighted by Crippen LogP contribution is 2.26. The van der Waals surface area contributed by atoms with Crippen LogP contribution >= 0.6 is 0 Å². The van der Waals surface area contributed by atoms with Crippen LogP contribution in [0.2, 0.25) is 0 Å². The monoisotopic (exact) mass is 204 g/mol. The molecule has 0 radical (unpaired) electrons. The fraction of sp³-hybridized carbons (Fsp3) is 0.429. The van der Waals surface area contributed by atoms with Crippen LogP contribution in [0.5, 0.6) is 0 Å². The average molecular weight is 204 g/mol. The molecule has 0 spiro atoms. The SMILES string of the molecule is C=C[C@@H](CCC)[C@H](O)c1ccc(C)cc1. The minimum absolute atomic E-state index is 0.165. The summed E-state index contributed by atoms with van der Waals surface area (Å²) >= 11 is 0. The molecule has 0 saturated heterocycles. The van der Waals surface area contributed by atoms with Crippen LogP contribution in [0.4, 0.5) is 0 Å². The Bertz CT molecular complexity index is 300. The molecule has 0 heterocycles. The minimum Gasteiger partial charge on any atom is -0.388 e. The van der Waals surface area contributed by atoms with E-state index in [9.17, 15) is 5.11 Å². The maximum atomic E-state index is 10.1. The minimum atomic E-state index is -0.414. The summed E-state index contributed by atoms with van der Waals surface area (Å²) < 4.78 is 0. The molecule has 0 aromatic heterocycles. The summed E-state index contributed by atoms with van der Waals surface area (Å²) in [7, 11) is 0. The van der Waals surface area contributed by atoms with E-state index >= 15 is 0 Å². The van der Waals surface area contributed by atoms with Gasteiger partial charge in [-0.1, -0.05) is 49.2 Å². The normalized spacial score (nSPS) is 14.6. The van der Waals surface area contributed by atoms with Gasteiger partial charge in [-0.3, -0.25) is 0 Å². The predicted octanol–water partition coefficient (Wildman–Crippen LogP) is 3.63. The third kappa shape index (κ3) is 3.21. The van der Waals surface area contributed by atoms with Gasteiger partial charge in [-0.05, 0) is 18.9 Å². The fourth-order valence-electron chi connectivity index (χ4n) is 1.75. The lowest BCUT2D eigenvalue weighted by Crippen LogP contribution is -2.09. The van der Waals surface area contributed by atoms with Gasteiger partial charge in [0.2, 0.25) is 0 Å². The molecule has 1 aromatic rings. The quantitative estimate of drug-likeness (QED) is 0.726. The van der Waals surface area contributed by atoms with E-state index in [1.165, 1.54) is 5.56 Å². The predicted molar refractivity (Wildman–Crippen MR) is 64.7 cm³/mol. The van der Waals surface area contributed by atoms with Crippen LogP contribution in [0, 0.1) is 12.8 Å². The summed E-state index contributed by atoms with van der Waals surface area (Å²) in [6.45, 7) is 7.96. The maximum Gasteiger partial charge on any atom is 0.0852 e. The van der Waals surface area contributed by atoms with E-state index in [1.54, 1.807) is 0 Å². The summed E-state index contributed by atoms with van der Waals surface area (Å²) in [5, 5.41) is 10.1. The Balaban J connectivity index is 2.77. The van der Waals surface area contributed by atoms with Crippen molar-refractivity contribution < 1.29 is 5.11 Å². The van der Waals surface area contributed by atoms with Gasteiger partial charge in [0.05, 0.1) is 6.10 Å². The summed E-state index contributed by atoms with van der Waals surface area (Å²) in [6, 6.07) is 8.05. The van der Waals surface area contributed by atoms with Gasteiger partial charge in [-0.25, -0.2) is 0 Å². The van der Waals surface area contributed by atoms with Crippen molar-refractivity contribution in [2.45, 2.75) is 32.8 Å². The number of hydrogen-bond acceptors (Lipinski definition) is 1. The van der Waals surface area contributed by atoms with Gasteiger partial charge in [-0.2, -0.15) is 0 Å². The molecule has 0 unspecified atom stereocenters. The molecule has 1 heteroatoms. The first-order valence-corrected chi connectivity index (χ1v) is 5.56. The second kappa shape index (κ2) is 5.72. The Labute approximate surface area is 92.5 Å². The van der Waals surface area contributed by atoms with E-state index in [0.717, 1.165) is 18.4 Å². The lowest BCUT2D eigenvalue weighted by molar-refractivity contribution is 0.126. The number of rotatable bonds is 5. The molecule has 0 fully saturated rings. The van der Waals surface area contributed by atoms with E-state index in [-0.39, 0.29) is 5.92 Å². The number of aliphatic hydroxyl groups excluding tert-OH is 1. The number of benzene rings is 1. The Hall–Kier alpha value is -1.08. The molecule has 1 nitrogen and oxygen atoms in total. The van der Waals surface area contributed by atoms with Crippen LogP contribution in [0.3, 0.4) is 0 Å². The zero-order valence-electron chi connectivity index (χ0n) is 9.61. The molecular weight excluding hydrogens is 184 g/mol. The second-order valence-corrected chi connectivity index (χ2v) is 4.04. The Morgan fingerprint density at radius 1 is 1.33 bits per heavy atom. The molecule has 15 heavy (non-hydrogen) atoms. The van der Waals surface area contributed by atoms with E-state index in [0.29, 0.717) is 0 Å². The highest BCUT2D eigenvalue weighted by Gasteiger charge is 2.16. The van der Waals surface area contributed by atoms with Crippen LogP contribution in [-0.2, 0) is 0 Å². The smallest absolute Gasteiger partial charge is 0.0852 e. The number of aryl methyl sites for hydroxylation is 1. The van der Waals surface area contributed by atoms with Crippen LogP contribution in [0.15, 0.2) is 36.9 Å². The van der Waals surface area contributed by atoms with E-state index < -0.39 is 6.10 Å². The van der Waals surface area contributed by atoms with Crippen molar-refractivity contribution in [2.75, 3.05) is 0 Å². The lowest BCUT2D eigenvalue weighted by Gasteiger charge is -2.19. The Morgan fingerprint density at radius 3 is 2.40 bits per heavy atom. The number of hydrogen-bond donors (Lipinski definition) is 1. The van der Waals surface area contributed by atoms with Gasteiger partial charge in [0.1, 0.15) is 0 Å². The molecule has 0 aliphatic heterocycles. The third-order valence-corrected chi connectivity index (χ3v) is 2.75. The molecule has 82 valence electrons. The molecule has 0 aliphatic rings. The Morgan fingerprint density at radius 2 is 1.93 bits per heavy atom. The number of aliphatic hydroxyl groups is 1. The van der Waals surface area contributed by atoms with E-state index in [1.807, 2.05) is 37.3 Å². The van der Waals surface area contributed by atoms with Gasteiger partial charge in [0.25, 0.3) is 0 Å². The topological polar surface area (TPSA) is 20.2 Å². The Kier molecular flexibility index (Phi) is 4.57. The van der Waals surface area contributed by atoms with Gasteiger partial charge in [0, 0.05) is 5.92 Å². The summed E-state index contributed by atoms with van der Waals surface area (Å²) in [5.74, 6) is 0.165. The molecule has 0 saturated carbocycles. The largest absolute Gasteiger partial charge is 0.388 e. The van der Waals surface area contributed by atoms with E-state index in [2.05, 4.69) is 13.5 Å². The zero-order valence-corrected chi connectivity index (χ0v) is 9.61. The molecule has 2 atom stereocenters. The molecule has 1 N–H and O–H groups in total. The van der Waals surface area contributed by atoms with Crippen LogP contribution in [0.1, 0.15) is 37.0 Å². The van der Waals surface area contributed by atoms with Gasteiger partial charge < -0.3 is 5.11 Å². The van der Waals surface area contributed by atoms with Crippen molar-refractivity contribution in [1.82, 2.24) is 0 Å². The van der Waals surface area contributed by atoms with Gasteiger partial charge in [-0.15, -0.1) is 6.58 Å². The van der Waals surface area contributed by atoms with Crippen molar-refractivity contribution >= 4 is 0 Å². The van der Waals surface area contributed by atoms with Crippen LogP contribution in [0.25, 0.3) is 0 Å². The molecule has 0 bridgehead atoms. The standard InChI is InChI=1S/C14H20O/c1-4-6-12(5-2)14(15)13-9-7-11(3)8-10-13/h5,7-10,12,14-15H,2,4,6H2,1,3H3/t12-,14-/m0/s1. The van der Waals surface area contributed by atoms with Crippen molar-refractivity contribution in [3.63, 3.8) is 0 Å². The summed E-state index contributed by atoms with van der Waals surface area (Å²) in [5.41, 5.74) is 2.20. The third-order valence-electron chi connectivity index (χ3n) is 2.75. The first kappa shape index (κ1) is 12.0. The highest BCUT2D eigenvalue weighted by atomic mass is 16.3. The van der Waals surface area contributed by atoms with Crippen LogP contribution in [-0.4, -0.2) is 5.11 Å². The first-order valence-electron chi connectivity index (χ1n) is 5.56. The summed E-state index contributed by atoms with van der Waals surface area (Å²) in [6.07, 6.45) is 3.50. The maximum absolute atomic E-state index is 10.1. The van der Waals surface area contributed by atoms with E-state index in [4.69, 9.17) is 0 Å². The molecular formula is C14H20O. The molecule has 1 aromatic carbocycles. The second-order valence-electron chi connectivity index (χ2n) is 4.04. The molecule has 0 aliphatic carbocycles. The van der Waals surface area contributed by atoms with Crippen molar-refractivity contribution in [1.29, 1.82) is 0 Å². The lowest BCUT2D eigenvalue weighted by atomic mass is 9.92. The van der Waals surface area contributed by atoms with Gasteiger partial charge >= 0.3 is 0 Å². The van der Waals surface area contributed by atoms with Crippen molar-refractivity contribution in [3.05, 3.63) is 48.0 Å². The fourth-order valence-corrected chi connectivity index (χ4v) is 1.75.